The second-order valence-electron chi connectivity index (χ2n) is 4.18. The number of rotatable bonds is 2. The van der Waals surface area contributed by atoms with Crippen molar-refractivity contribution in [2.24, 2.45) is 0 Å². The van der Waals surface area contributed by atoms with Crippen molar-refractivity contribution in [3.63, 3.8) is 0 Å². The summed E-state index contributed by atoms with van der Waals surface area (Å²) in [7, 11) is 0. The Hall–Kier alpha value is -1.70. The van der Waals surface area contributed by atoms with Gasteiger partial charge in [-0.1, -0.05) is 18.2 Å². The number of imidazole rings is 1. The first-order valence-electron chi connectivity index (χ1n) is 5.93. The van der Waals surface area contributed by atoms with Gasteiger partial charge in [0.1, 0.15) is 0 Å². The monoisotopic (exact) mass is 426 g/mol. The fourth-order valence-electron chi connectivity index (χ4n) is 2.06. The van der Waals surface area contributed by atoms with Crippen molar-refractivity contribution in [1.29, 1.82) is 0 Å². The number of aryl methyl sites for hydroxylation is 1. The quantitative estimate of drug-likeness (QED) is 0.573. The third kappa shape index (κ3) is 2.67. The van der Waals surface area contributed by atoms with Gasteiger partial charge in [-0.25, -0.2) is 0 Å². The molecule has 0 spiro atoms. The van der Waals surface area contributed by atoms with Crippen LogP contribution in [0.2, 0.25) is 0 Å². The van der Waals surface area contributed by atoms with Gasteiger partial charge >= 0.3 is 0 Å². The molecule has 0 bridgehead atoms. The smallest absolute Gasteiger partial charge is 0.0602 e. The van der Waals surface area contributed by atoms with Crippen molar-refractivity contribution < 1.29 is 20.1 Å². The van der Waals surface area contributed by atoms with E-state index in [9.17, 15) is 0 Å². The normalized spacial score (nSPS) is 9.95. The SMILES string of the molecule is Cc1ccccc1-n1ccnc1-c1[c-]cccc1.[Ir]. The molecule has 2 nitrogen and oxygen atoms in total. The van der Waals surface area contributed by atoms with E-state index in [2.05, 4.69) is 34.7 Å². The number of aromatic nitrogens is 2. The molecule has 3 aromatic rings. The van der Waals surface area contributed by atoms with Crippen molar-refractivity contribution in [3.05, 3.63) is 72.6 Å². The van der Waals surface area contributed by atoms with Crippen molar-refractivity contribution in [1.82, 2.24) is 9.55 Å². The second-order valence-corrected chi connectivity index (χ2v) is 4.18. The molecular weight excluding hydrogens is 412 g/mol. The predicted octanol–water partition coefficient (Wildman–Crippen LogP) is 3.65. The van der Waals surface area contributed by atoms with Gasteiger partial charge in [0.2, 0.25) is 0 Å². The van der Waals surface area contributed by atoms with Crippen LogP contribution < -0.4 is 0 Å². The van der Waals surface area contributed by atoms with Crippen molar-refractivity contribution >= 4 is 0 Å². The van der Waals surface area contributed by atoms with Crippen LogP contribution in [0.4, 0.5) is 0 Å². The Morgan fingerprint density at radius 2 is 1.84 bits per heavy atom. The Labute approximate surface area is 126 Å². The van der Waals surface area contributed by atoms with Gasteiger partial charge in [0, 0.05) is 38.2 Å². The topological polar surface area (TPSA) is 17.8 Å². The maximum atomic E-state index is 4.44. The van der Waals surface area contributed by atoms with E-state index < -0.39 is 0 Å². The van der Waals surface area contributed by atoms with Gasteiger partial charge in [-0.15, -0.1) is 35.9 Å². The summed E-state index contributed by atoms with van der Waals surface area (Å²) in [5, 5.41) is 0. The van der Waals surface area contributed by atoms with Crippen LogP contribution in [-0.2, 0) is 20.1 Å². The van der Waals surface area contributed by atoms with Gasteiger partial charge in [0.15, 0.2) is 0 Å². The third-order valence-electron chi connectivity index (χ3n) is 2.97. The average Bonchev–Trinajstić information content (AvgIpc) is 2.89. The van der Waals surface area contributed by atoms with E-state index >= 15 is 0 Å². The molecule has 1 heterocycles. The minimum absolute atomic E-state index is 0. The molecule has 0 atom stereocenters. The van der Waals surface area contributed by atoms with E-state index in [1.54, 1.807) is 0 Å². The number of hydrogen-bond acceptors (Lipinski definition) is 1. The number of nitrogens with zero attached hydrogens (tertiary/aromatic N) is 2. The summed E-state index contributed by atoms with van der Waals surface area (Å²) >= 11 is 0. The van der Waals surface area contributed by atoms with Crippen molar-refractivity contribution in [2.75, 3.05) is 0 Å². The molecule has 2 aromatic carbocycles. The Bertz CT molecular complexity index is 659. The maximum Gasteiger partial charge on any atom is 0.0602 e. The van der Waals surface area contributed by atoms with Crippen LogP contribution in [0.3, 0.4) is 0 Å². The van der Waals surface area contributed by atoms with E-state index in [1.165, 1.54) is 5.56 Å². The fraction of sp³-hybridized carbons (Fsp3) is 0.0625. The number of hydrogen-bond donors (Lipinski definition) is 0. The molecule has 0 aliphatic rings. The molecule has 1 radical (unpaired) electrons. The summed E-state index contributed by atoms with van der Waals surface area (Å²) < 4.78 is 2.10. The molecule has 0 amide bonds. The number of benzene rings is 2. The van der Waals surface area contributed by atoms with E-state index in [4.69, 9.17) is 0 Å². The zero-order valence-electron chi connectivity index (χ0n) is 10.5. The molecule has 1 aromatic heterocycles. The predicted molar refractivity (Wildman–Crippen MR) is 72.6 cm³/mol. The summed E-state index contributed by atoms with van der Waals surface area (Å²) in [4.78, 5) is 4.44. The van der Waals surface area contributed by atoms with Crippen molar-refractivity contribution in [3.8, 4) is 17.1 Å². The van der Waals surface area contributed by atoms with E-state index in [-0.39, 0.29) is 20.1 Å². The summed E-state index contributed by atoms with van der Waals surface area (Å²) in [5.41, 5.74) is 3.39. The Morgan fingerprint density at radius 1 is 1.05 bits per heavy atom. The van der Waals surface area contributed by atoms with Crippen LogP contribution in [0, 0.1) is 13.0 Å². The molecule has 3 heteroatoms. The molecule has 0 saturated carbocycles. The first-order chi connectivity index (χ1) is 8.86. The summed E-state index contributed by atoms with van der Waals surface area (Å²) in [5.74, 6) is 0.921. The van der Waals surface area contributed by atoms with Gasteiger partial charge in [-0.2, -0.15) is 0 Å². The second kappa shape index (κ2) is 5.96. The molecule has 0 saturated heterocycles. The molecule has 0 fully saturated rings. The summed E-state index contributed by atoms with van der Waals surface area (Å²) in [6.45, 7) is 2.10. The molecule has 0 aliphatic carbocycles. The average molecular weight is 426 g/mol. The molecule has 19 heavy (non-hydrogen) atoms. The number of para-hydroxylation sites is 1. The Balaban J connectivity index is 0.00000133. The minimum Gasteiger partial charge on any atom is -0.340 e. The van der Waals surface area contributed by atoms with E-state index in [1.807, 2.05) is 48.8 Å². The zero-order chi connectivity index (χ0) is 12.4. The van der Waals surface area contributed by atoms with Gasteiger partial charge < -0.3 is 4.57 Å². The minimum atomic E-state index is 0. The largest absolute Gasteiger partial charge is 0.340 e. The van der Waals surface area contributed by atoms with Gasteiger partial charge in [0.05, 0.1) is 5.82 Å². The molecule has 0 aliphatic heterocycles. The molecular formula is C16H13IrN2-. The first-order valence-corrected chi connectivity index (χ1v) is 5.93. The summed E-state index contributed by atoms with van der Waals surface area (Å²) in [6.07, 6.45) is 3.81. The van der Waals surface area contributed by atoms with Crippen LogP contribution in [0.15, 0.2) is 60.9 Å². The van der Waals surface area contributed by atoms with E-state index in [0.717, 1.165) is 17.1 Å². The van der Waals surface area contributed by atoms with Crippen molar-refractivity contribution in [2.45, 2.75) is 6.92 Å². The Morgan fingerprint density at radius 3 is 2.58 bits per heavy atom. The van der Waals surface area contributed by atoms with Gasteiger partial charge in [-0.05, 0) is 18.6 Å². The van der Waals surface area contributed by atoms with Crippen LogP contribution >= 0.6 is 0 Å². The molecule has 0 N–H and O–H groups in total. The van der Waals surface area contributed by atoms with Crippen LogP contribution in [0.5, 0.6) is 0 Å². The van der Waals surface area contributed by atoms with Crippen LogP contribution in [0.1, 0.15) is 5.56 Å². The summed E-state index contributed by atoms with van der Waals surface area (Å²) in [6, 6.07) is 19.4. The van der Waals surface area contributed by atoms with Gasteiger partial charge in [-0.3, -0.25) is 4.98 Å². The van der Waals surface area contributed by atoms with Gasteiger partial charge in [0.25, 0.3) is 0 Å². The first kappa shape index (κ1) is 13.7. The van der Waals surface area contributed by atoms with Crippen LogP contribution in [0.25, 0.3) is 17.1 Å². The molecule has 0 unspecified atom stereocenters. The van der Waals surface area contributed by atoms with Crippen LogP contribution in [-0.4, -0.2) is 9.55 Å². The zero-order valence-corrected chi connectivity index (χ0v) is 12.9. The molecule has 3 rings (SSSR count). The maximum absolute atomic E-state index is 4.44. The molecule has 97 valence electrons. The standard InChI is InChI=1S/C16H13N2.Ir/c1-13-7-5-6-10-15(13)18-12-11-17-16(18)14-8-3-2-4-9-14;/h2-8,10-12H,1H3;/q-1;. The fourth-order valence-corrected chi connectivity index (χ4v) is 2.06. The third-order valence-corrected chi connectivity index (χ3v) is 2.97. The van der Waals surface area contributed by atoms with E-state index in [0.29, 0.717) is 0 Å². The Kier molecular flexibility index (Phi) is 4.31.